The van der Waals surface area contributed by atoms with Crippen LogP contribution < -0.4 is 5.11 Å². The van der Waals surface area contributed by atoms with Gasteiger partial charge in [0.25, 0.3) is 0 Å². The Morgan fingerprint density at radius 1 is 0.448 bits per heavy atom. The lowest BCUT2D eigenvalue weighted by Crippen LogP contribution is -2.55. The molecule has 0 aromatic heterocycles. The summed E-state index contributed by atoms with van der Waals surface area (Å²) in [5, 5.41) is 11.7. The van der Waals surface area contributed by atoms with Gasteiger partial charge < -0.3 is 28.6 Å². The second-order valence-corrected chi connectivity index (χ2v) is 20.5. The van der Waals surface area contributed by atoms with E-state index in [0.717, 1.165) is 51.4 Å². The van der Waals surface area contributed by atoms with Crippen LogP contribution in [-0.2, 0) is 28.6 Å². The van der Waals surface area contributed by atoms with Crippen molar-refractivity contribution in [2.24, 2.45) is 0 Å². The number of carbonyl (C=O) groups excluding carboxylic acids is 3. The lowest BCUT2D eigenvalue weighted by Gasteiger charge is -2.34. The van der Waals surface area contributed by atoms with Gasteiger partial charge >= 0.3 is 11.9 Å². The summed E-state index contributed by atoms with van der Waals surface area (Å²) < 4.78 is 17.3. The Hall–Kier alpha value is -2.45. The molecule has 0 aromatic rings. The molecule has 0 heterocycles. The Morgan fingerprint density at radius 3 is 1.19 bits per heavy atom. The zero-order valence-electron chi connectivity index (χ0n) is 44.8. The Balaban J connectivity index is 4.16. The van der Waals surface area contributed by atoms with Gasteiger partial charge in [-0.25, -0.2) is 0 Å². The maximum atomic E-state index is 12.8. The number of carboxylic acid groups (broad SMARTS) is 1. The highest BCUT2D eigenvalue weighted by atomic mass is 16.6. The average molecular weight is 945 g/mol. The third-order valence-electron chi connectivity index (χ3n) is 13.0. The van der Waals surface area contributed by atoms with Crippen LogP contribution in [-0.4, -0.2) is 75.5 Å². The number of nitrogens with zero attached hydrogens (tertiary/aromatic N) is 1. The van der Waals surface area contributed by atoms with Gasteiger partial charge in [-0.05, 0) is 51.4 Å². The molecule has 2 atom stereocenters. The maximum Gasteiger partial charge on any atom is 0.306 e. The van der Waals surface area contributed by atoms with E-state index in [4.69, 9.17) is 14.2 Å². The van der Waals surface area contributed by atoms with Crippen molar-refractivity contribution in [3.63, 3.8) is 0 Å². The fraction of sp³-hybridized carbons (Fsp3) is 0.847. The number of ether oxygens (including phenoxy) is 3. The number of carboxylic acids is 1. The highest BCUT2D eigenvalue weighted by molar-refractivity contribution is 5.70. The second-order valence-electron chi connectivity index (χ2n) is 20.5. The number of carbonyl (C=O) groups is 3. The first-order valence-electron chi connectivity index (χ1n) is 28.5. The molecule has 392 valence electrons. The Bertz CT molecular complexity index is 1190. The Morgan fingerprint density at radius 2 is 0.791 bits per heavy atom. The van der Waals surface area contributed by atoms with E-state index in [1.165, 1.54) is 186 Å². The van der Waals surface area contributed by atoms with Crippen molar-refractivity contribution in [3.8, 4) is 0 Å². The summed E-state index contributed by atoms with van der Waals surface area (Å²) in [5.74, 6) is -1.72. The van der Waals surface area contributed by atoms with Crippen LogP contribution in [0.2, 0.25) is 0 Å². The summed E-state index contributed by atoms with van der Waals surface area (Å²) in [6, 6.07) is -0.726. The van der Waals surface area contributed by atoms with Gasteiger partial charge in [0, 0.05) is 19.3 Å². The first-order chi connectivity index (χ1) is 32.6. The van der Waals surface area contributed by atoms with Crippen molar-refractivity contribution in [1.29, 1.82) is 0 Å². The van der Waals surface area contributed by atoms with Crippen LogP contribution in [0.25, 0.3) is 0 Å². The molecule has 0 bridgehead atoms. The van der Waals surface area contributed by atoms with Gasteiger partial charge in [-0.1, -0.05) is 237 Å². The van der Waals surface area contributed by atoms with Gasteiger partial charge in [0.2, 0.25) is 0 Å². The number of likely N-dealkylation sites (N-methyl/N-ethyl adjacent to an activating group) is 1. The second kappa shape index (κ2) is 50.0. The number of quaternary nitrogens is 1. The first kappa shape index (κ1) is 64.5. The van der Waals surface area contributed by atoms with E-state index in [9.17, 15) is 19.5 Å². The summed E-state index contributed by atoms with van der Waals surface area (Å²) in [6.45, 7) is 4.68. The molecule has 0 N–H and O–H groups in total. The van der Waals surface area contributed by atoms with Crippen molar-refractivity contribution < 1.29 is 38.2 Å². The molecule has 8 heteroatoms. The SMILES string of the molecule is CCCCC/C=C/C/C=C/C/C=C/CCCCCCCCCCCC(=O)OCC(COCCC(C(=O)[O-])[N+](C)(C)C)OC(=O)CCCCCCCCCCCCCCCCCCCCCCC. The minimum atomic E-state index is -1.12. The predicted octanol–water partition coefficient (Wildman–Crippen LogP) is 15.6. The van der Waals surface area contributed by atoms with Crippen LogP contribution in [0.15, 0.2) is 36.5 Å². The van der Waals surface area contributed by atoms with E-state index in [1.54, 1.807) is 0 Å². The molecule has 0 amide bonds. The molecular formula is C59H109NO7. The number of allylic oxidation sites excluding steroid dienone is 6. The summed E-state index contributed by atoms with van der Waals surface area (Å²) in [6.07, 6.45) is 60.4. The average Bonchev–Trinajstić information content (AvgIpc) is 3.29. The largest absolute Gasteiger partial charge is 0.544 e. The summed E-state index contributed by atoms with van der Waals surface area (Å²) in [4.78, 5) is 37.1. The van der Waals surface area contributed by atoms with E-state index >= 15 is 0 Å². The van der Waals surface area contributed by atoms with E-state index in [2.05, 4.69) is 50.3 Å². The van der Waals surface area contributed by atoms with E-state index in [1.807, 2.05) is 21.1 Å². The van der Waals surface area contributed by atoms with Crippen LogP contribution in [0.3, 0.4) is 0 Å². The number of hydrogen-bond acceptors (Lipinski definition) is 7. The van der Waals surface area contributed by atoms with Gasteiger partial charge in [0.05, 0.1) is 40.3 Å². The lowest BCUT2D eigenvalue weighted by molar-refractivity contribution is -0.889. The minimum Gasteiger partial charge on any atom is -0.544 e. The molecule has 0 aromatic carbocycles. The number of hydrogen-bond donors (Lipinski definition) is 0. The van der Waals surface area contributed by atoms with Gasteiger partial charge in [-0.2, -0.15) is 0 Å². The molecule has 0 saturated carbocycles. The van der Waals surface area contributed by atoms with Crippen LogP contribution in [0.5, 0.6) is 0 Å². The molecule has 0 aliphatic heterocycles. The normalized spacial score (nSPS) is 13.0. The minimum absolute atomic E-state index is 0.0428. The predicted molar refractivity (Wildman–Crippen MR) is 282 cm³/mol. The van der Waals surface area contributed by atoms with Gasteiger partial charge in [-0.3, -0.25) is 9.59 Å². The van der Waals surface area contributed by atoms with Crippen molar-refractivity contribution in [2.45, 2.75) is 283 Å². The molecule has 0 saturated heterocycles. The van der Waals surface area contributed by atoms with Crippen molar-refractivity contribution >= 4 is 17.9 Å². The molecular weight excluding hydrogens is 835 g/mol. The molecule has 0 spiro atoms. The number of rotatable bonds is 52. The molecule has 0 fully saturated rings. The zero-order chi connectivity index (χ0) is 49.2. The van der Waals surface area contributed by atoms with E-state index in [0.29, 0.717) is 12.8 Å². The molecule has 0 aliphatic rings. The number of unbranched alkanes of at least 4 members (excludes halogenated alkanes) is 32. The van der Waals surface area contributed by atoms with Crippen LogP contribution in [0.4, 0.5) is 0 Å². The number of esters is 2. The Labute approximate surface area is 414 Å². The van der Waals surface area contributed by atoms with Crippen LogP contribution in [0.1, 0.15) is 271 Å². The zero-order valence-corrected chi connectivity index (χ0v) is 44.8. The fourth-order valence-corrected chi connectivity index (χ4v) is 8.61. The molecule has 0 rings (SSSR count). The number of aliphatic carboxylic acids is 1. The molecule has 67 heavy (non-hydrogen) atoms. The topological polar surface area (TPSA) is 102 Å². The molecule has 0 radical (unpaired) electrons. The van der Waals surface area contributed by atoms with Crippen molar-refractivity contribution in [1.82, 2.24) is 0 Å². The van der Waals surface area contributed by atoms with Crippen LogP contribution >= 0.6 is 0 Å². The lowest BCUT2D eigenvalue weighted by atomic mass is 10.0. The highest BCUT2D eigenvalue weighted by Crippen LogP contribution is 2.17. The van der Waals surface area contributed by atoms with Crippen LogP contribution in [0, 0.1) is 0 Å². The Kier molecular flexibility index (Phi) is 48.1. The molecule has 8 nitrogen and oxygen atoms in total. The summed E-state index contributed by atoms with van der Waals surface area (Å²) in [7, 11) is 5.43. The standard InChI is InChI=1S/C59H109NO7/c1-6-8-10-12-14-16-18-20-22-24-26-28-30-31-33-35-37-39-41-43-45-47-49-57(61)66-54-55(53-65-52-51-56(59(63)64)60(3,4)5)67-58(62)50-48-46-44-42-40-38-36-34-32-29-27-25-23-21-19-17-15-13-11-9-7-2/h14,16,20,22,26,28,55-56H,6-13,15,17-19,21,23-25,27,29-54H2,1-5H3/b16-14+,22-20+,28-26+. The monoisotopic (exact) mass is 944 g/mol. The fourth-order valence-electron chi connectivity index (χ4n) is 8.61. The first-order valence-corrected chi connectivity index (χ1v) is 28.5. The van der Waals surface area contributed by atoms with Gasteiger partial charge in [0.15, 0.2) is 6.10 Å². The van der Waals surface area contributed by atoms with E-state index in [-0.39, 0.29) is 42.7 Å². The maximum absolute atomic E-state index is 12.8. The molecule has 2 unspecified atom stereocenters. The molecule has 0 aliphatic carbocycles. The summed E-state index contributed by atoms with van der Waals surface area (Å²) in [5.41, 5.74) is 0. The third kappa shape index (κ3) is 48.4. The third-order valence-corrected chi connectivity index (χ3v) is 13.0. The van der Waals surface area contributed by atoms with Crippen molar-refractivity contribution in [2.75, 3.05) is 41.0 Å². The smallest absolute Gasteiger partial charge is 0.306 e. The van der Waals surface area contributed by atoms with Crippen molar-refractivity contribution in [3.05, 3.63) is 36.5 Å². The highest BCUT2D eigenvalue weighted by Gasteiger charge is 2.25. The summed E-state index contributed by atoms with van der Waals surface area (Å²) >= 11 is 0. The van der Waals surface area contributed by atoms with Gasteiger partial charge in [-0.15, -0.1) is 0 Å². The van der Waals surface area contributed by atoms with Gasteiger partial charge in [0.1, 0.15) is 12.6 Å². The van der Waals surface area contributed by atoms with E-state index < -0.39 is 18.1 Å². The quantitative estimate of drug-likeness (QED) is 0.0259.